The topological polar surface area (TPSA) is 37.3 Å². The molecule has 1 atom stereocenters. The van der Waals surface area contributed by atoms with Gasteiger partial charge in [0, 0.05) is 0 Å². The fourth-order valence-electron chi connectivity index (χ4n) is 2.21. The summed E-state index contributed by atoms with van der Waals surface area (Å²) in [7, 11) is 0. The van der Waals surface area contributed by atoms with E-state index in [-0.39, 0.29) is 5.78 Å². The summed E-state index contributed by atoms with van der Waals surface area (Å²) in [5.74, 6) is 0.0637. The molecule has 18 heavy (non-hydrogen) atoms. The predicted molar refractivity (Wildman–Crippen MR) is 78.0 cm³/mol. The van der Waals surface area contributed by atoms with Crippen LogP contribution in [-0.4, -0.2) is 44.9 Å². The molecule has 0 bridgehead atoms. The zero-order valence-corrected chi connectivity index (χ0v) is 14.4. The summed E-state index contributed by atoms with van der Waals surface area (Å²) in [5.41, 5.74) is 0. The van der Waals surface area contributed by atoms with E-state index >= 15 is 0 Å². The summed E-state index contributed by atoms with van der Waals surface area (Å²) >= 11 is 1.08. The molecule has 0 aliphatic carbocycles. The molecule has 0 saturated carbocycles. The van der Waals surface area contributed by atoms with Crippen molar-refractivity contribution in [2.75, 3.05) is 0 Å². The van der Waals surface area contributed by atoms with Gasteiger partial charge in [0.05, 0.1) is 0 Å². The molecule has 2 nitrogen and oxygen atoms in total. The van der Waals surface area contributed by atoms with Crippen LogP contribution in [0.25, 0.3) is 0 Å². The molecule has 0 fully saturated rings. The first-order valence-corrected chi connectivity index (χ1v) is 9.34. The normalized spacial score (nSPS) is 12.7. The van der Waals surface area contributed by atoms with Crippen molar-refractivity contribution in [2.45, 2.75) is 87.3 Å². The molecule has 0 saturated heterocycles. The van der Waals surface area contributed by atoms with E-state index in [0.717, 1.165) is 44.4 Å². The van der Waals surface area contributed by atoms with Crippen LogP contribution in [0.2, 0.25) is 3.67 Å². The number of carbonyl (C=O) groups excluding carboxylic acids is 1. The van der Waals surface area contributed by atoms with Crippen LogP contribution in [0.3, 0.4) is 0 Å². The van der Waals surface area contributed by atoms with E-state index in [1.165, 1.54) is 44.9 Å². The molecular weight excluding hydrogens is 235 g/mol. The second kappa shape index (κ2) is 14.0. The Balaban J connectivity index is 3.22. The van der Waals surface area contributed by atoms with Crippen molar-refractivity contribution in [3.8, 4) is 0 Å². The molecule has 0 radical (unpaired) electrons. The zero-order valence-electron chi connectivity index (χ0n) is 12.4. The minimum absolute atomic E-state index is 0.0637. The number of ketones is 1. The summed E-state index contributed by atoms with van der Waals surface area (Å²) < 4.78 is 1.02. The van der Waals surface area contributed by atoms with Gasteiger partial charge in [-0.3, -0.25) is 0 Å². The van der Waals surface area contributed by atoms with Crippen LogP contribution in [0.15, 0.2) is 0 Å². The molecule has 0 spiro atoms. The number of hydrogen-bond donors (Lipinski definition) is 1. The van der Waals surface area contributed by atoms with Crippen LogP contribution < -0.4 is 0 Å². The van der Waals surface area contributed by atoms with Gasteiger partial charge in [0.1, 0.15) is 0 Å². The second-order valence-electron chi connectivity index (χ2n) is 5.35. The Hall–Kier alpha value is 0.630. The first-order chi connectivity index (χ1) is 8.72. The third-order valence-corrected chi connectivity index (χ3v) is 4.04. The van der Waals surface area contributed by atoms with Crippen LogP contribution in [0.1, 0.15) is 77.6 Å². The van der Waals surface area contributed by atoms with Crippen molar-refractivity contribution < 1.29 is 9.90 Å². The quantitative estimate of drug-likeness (QED) is 0.405. The van der Waals surface area contributed by atoms with Gasteiger partial charge in [0.15, 0.2) is 0 Å². The van der Waals surface area contributed by atoms with Crippen molar-refractivity contribution in [3.63, 3.8) is 0 Å². The molecule has 0 aromatic rings. The number of aliphatic hydroxyl groups excluding tert-OH is 1. The minimum atomic E-state index is -0.670. The van der Waals surface area contributed by atoms with Gasteiger partial charge >= 0.3 is 111 Å². The first kappa shape index (κ1) is 18.6. The molecular formula is C15H29NaO2. The molecule has 0 heterocycles. The van der Waals surface area contributed by atoms with Crippen LogP contribution in [-0.2, 0) is 4.79 Å². The van der Waals surface area contributed by atoms with Gasteiger partial charge in [-0.05, 0) is 0 Å². The van der Waals surface area contributed by atoms with E-state index in [1.54, 1.807) is 0 Å². The van der Waals surface area contributed by atoms with Gasteiger partial charge in [0.25, 0.3) is 0 Å². The molecule has 0 aliphatic rings. The summed E-state index contributed by atoms with van der Waals surface area (Å²) in [6, 6.07) is 0. The van der Waals surface area contributed by atoms with Crippen molar-refractivity contribution >= 4 is 33.7 Å². The fourth-order valence-corrected chi connectivity index (χ4v) is 2.76. The van der Waals surface area contributed by atoms with Gasteiger partial charge in [0.2, 0.25) is 0 Å². The Morgan fingerprint density at radius 2 is 1.50 bits per heavy atom. The summed E-state index contributed by atoms with van der Waals surface area (Å²) in [6.07, 6.45) is 12.0. The van der Waals surface area contributed by atoms with E-state index in [1.807, 2.05) is 0 Å². The Morgan fingerprint density at radius 3 is 2.00 bits per heavy atom. The van der Waals surface area contributed by atoms with Crippen LogP contribution in [0, 0.1) is 0 Å². The van der Waals surface area contributed by atoms with Crippen LogP contribution >= 0.6 is 0 Å². The average molecular weight is 264 g/mol. The number of rotatable bonds is 13. The molecule has 0 aromatic heterocycles. The number of Topliss-reactive ketones (excluding diaryl/α,β-unsaturated/α-hetero) is 1. The van der Waals surface area contributed by atoms with Gasteiger partial charge in [-0.2, -0.15) is 0 Å². The summed E-state index contributed by atoms with van der Waals surface area (Å²) in [4.78, 5) is 11.5. The van der Waals surface area contributed by atoms with Crippen molar-refractivity contribution in [1.29, 1.82) is 0 Å². The van der Waals surface area contributed by atoms with E-state index in [4.69, 9.17) is 0 Å². The van der Waals surface area contributed by atoms with E-state index in [0.29, 0.717) is 12.8 Å². The van der Waals surface area contributed by atoms with E-state index < -0.39 is 6.10 Å². The third-order valence-electron chi connectivity index (χ3n) is 3.46. The molecule has 0 aromatic carbocycles. The molecule has 0 amide bonds. The zero-order chi connectivity index (χ0) is 13.6. The molecule has 0 aliphatic heterocycles. The van der Waals surface area contributed by atoms with E-state index in [9.17, 15) is 9.90 Å². The van der Waals surface area contributed by atoms with Gasteiger partial charge < -0.3 is 0 Å². The predicted octanol–water partition coefficient (Wildman–Crippen LogP) is 3.81. The fraction of sp³-hybridized carbons (Fsp3) is 0.933. The van der Waals surface area contributed by atoms with Crippen LogP contribution in [0.4, 0.5) is 0 Å². The Labute approximate surface area is 130 Å². The first-order valence-electron chi connectivity index (χ1n) is 7.93. The Kier molecular flexibility index (Phi) is 14.5. The standard InChI is InChI=1S/C15H29O2.Na/c1-3-5-6-7-8-9-10-11-12-13-15(17)14(16)4-2;/h14,16H,2-13H2,1H3;. The van der Waals surface area contributed by atoms with Crippen molar-refractivity contribution in [2.24, 2.45) is 0 Å². The molecule has 102 valence electrons. The third kappa shape index (κ3) is 11.7. The monoisotopic (exact) mass is 264 g/mol. The van der Waals surface area contributed by atoms with Crippen molar-refractivity contribution in [3.05, 3.63) is 0 Å². The molecule has 1 unspecified atom stereocenters. The summed E-state index contributed by atoms with van der Waals surface area (Å²) in [5, 5.41) is 9.51. The number of hydrogen-bond acceptors (Lipinski definition) is 2. The Bertz CT molecular complexity index is 195. The maximum atomic E-state index is 11.5. The molecule has 1 N–H and O–H groups in total. The maximum absolute atomic E-state index is 11.5. The van der Waals surface area contributed by atoms with Gasteiger partial charge in [-0.25, -0.2) is 0 Å². The second-order valence-corrected chi connectivity index (χ2v) is 6.35. The average Bonchev–Trinajstić information content (AvgIpc) is 2.36. The van der Waals surface area contributed by atoms with Crippen molar-refractivity contribution in [1.82, 2.24) is 0 Å². The molecule has 0 rings (SSSR count). The van der Waals surface area contributed by atoms with Crippen LogP contribution in [0.5, 0.6) is 0 Å². The van der Waals surface area contributed by atoms with Gasteiger partial charge in [-0.1, -0.05) is 19.8 Å². The van der Waals surface area contributed by atoms with E-state index in [2.05, 4.69) is 6.92 Å². The van der Waals surface area contributed by atoms with Gasteiger partial charge in [-0.15, -0.1) is 0 Å². The Morgan fingerprint density at radius 1 is 1.00 bits per heavy atom. The number of carbonyl (C=O) groups is 1. The summed E-state index contributed by atoms with van der Waals surface area (Å²) in [6.45, 7) is 2.24. The number of unbranched alkanes of at least 4 members (excludes halogenated alkanes) is 8. The SMILES string of the molecule is CCCCCCCCCCCC(=O)C(O)C[CH2][Na]. The molecule has 3 heteroatoms. The number of aliphatic hydroxyl groups is 1.